The molecule has 25 heavy (non-hydrogen) atoms. The van der Waals surface area contributed by atoms with Crippen molar-refractivity contribution in [3.05, 3.63) is 65.7 Å². The molecule has 2 aromatic rings. The molecule has 2 rings (SSSR count). The zero-order valence-corrected chi connectivity index (χ0v) is 14.7. The predicted octanol–water partition coefficient (Wildman–Crippen LogP) is 1.90. The Balaban J connectivity index is 1.79. The van der Waals surface area contributed by atoms with Crippen LogP contribution in [0.4, 0.5) is 0 Å². The van der Waals surface area contributed by atoms with Gasteiger partial charge >= 0.3 is 0 Å². The van der Waals surface area contributed by atoms with Gasteiger partial charge in [-0.3, -0.25) is 9.59 Å². The Kier molecular flexibility index (Phi) is 6.30. The summed E-state index contributed by atoms with van der Waals surface area (Å²) in [5.41, 5.74) is 1.86. The SMILES string of the molecule is Cc1ccc(S(=O)(=O)NC(=O)CCC(=O)NCc2ccccc2)cc1. The maximum atomic E-state index is 12.1. The fraction of sp³-hybridized carbons (Fsp3) is 0.222. The number of hydrogen-bond donors (Lipinski definition) is 2. The topological polar surface area (TPSA) is 92.3 Å². The fourth-order valence-corrected chi connectivity index (χ4v) is 3.10. The van der Waals surface area contributed by atoms with Gasteiger partial charge in [-0.1, -0.05) is 48.0 Å². The van der Waals surface area contributed by atoms with Gasteiger partial charge in [0.1, 0.15) is 0 Å². The molecule has 0 atom stereocenters. The Morgan fingerprint density at radius 3 is 2.12 bits per heavy atom. The predicted molar refractivity (Wildman–Crippen MR) is 94.0 cm³/mol. The summed E-state index contributed by atoms with van der Waals surface area (Å²) in [5, 5.41) is 2.69. The first-order valence-electron chi connectivity index (χ1n) is 7.80. The molecule has 6 nitrogen and oxygen atoms in total. The number of carbonyl (C=O) groups is 2. The number of benzene rings is 2. The molecule has 0 fully saturated rings. The molecule has 0 aliphatic carbocycles. The largest absolute Gasteiger partial charge is 0.352 e. The maximum Gasteiger partial charge on any atom is 0.264 e. The fourth-order valence-electron chi connectivity index (χ4n) is 2.09. The summed E-state index contributed by atoms with van der Waals surface area (Å²) in [5.74, 6) is -1.03. The van der Waals surface area contributed by atoms with Gasteiger partial charge in [0.25, 0.3) is 10.0 Å². The van der Waals surface area contributed by atoms with E-state index in [0.29, 0.717) is 6.54 Å². The molecule has 0 aliphatic heterocycles. The molecule has 0 spiro atoms. The second-order valence-electron chi connectivity index (χ2n) is 5.60. The van der Waals surface area contributed by atoms with Crippen LogP contribution in [0.3, 0.4) is 0 Å². The van der Waals surface area contributed by atoms with Gasteiger partial charge in [0.15, 0.2) is 0 Å². The van der Waals surface area contributed by atoms with Crippen molar-refractivity contribution < 1.29 is 18.0 Å². The lowest BCUT2D eigenvalue weighted by Gasteiger charge is -2.08. The minimum atomic E-state index is -3.91. The lowest BCUT2D eigenvalue weighted by atomic mass is 10.2. The molecule has 132 valence electrons. The zero-order chi connectivity index (χ0) is 18.3. The van der Waals surface area contributed by atoms with Crippen LogP contribution in [0.25, 0.3) is 0 Å². The van der Waals surface area contributed by atoms with E-state index in [4.69, 9.17) is 0 Å². The highest BCUT2D eigenvalue weighted by molar-refractivity contribution is 7.90. The highest BCUT2D eigenvalue weighted by Gasteiger charge is 2.17. The van der Waals surface area contributed by atoms with Gasteiger partial charge in [-0.25, -0.2) is 13.1 Å². The van der Waals surface area contributed by atoms with E-state index >= 15 is 0 Å². The van der Waals surface area contributed by atoms with E-state index in [-0.39, 0.29) is 23.6 Å². The normalized spacial score (nSPS) is 10.9. The van der Waals surface area contributed by atoms with Crippen LogP contribution in [-0.4, -0.2) is 20.2 Å². The van der Waals surface area contributed by atoms with Crippen LogP contribution in [0.2, 0.25) is 0 Å². The molecule has 0 aliphatic rings. The van der Waals surface area contributed by atoms with Gasteiger partial charge in [0, 0.05) is 19.4 Å². The van der Waals surface area contributed by atoms with Crippen LogP contribution in [0.15, 0.2) is 59.5 Å². The maximum absolute atomic E-state index is 12.1. The van der Waals surface area contributed by atoms with Crippen molar-refractivity contribution in [3.63, 3.8) is 0 Å². The van der Waals surface area contributed by atoms with E-state index in [2.05, 4.69) is 5.32 Å². The molecular formula is C18H20N2O4S. The molecule has 2 aromatic carbocycles. The zero-order valence-electron chi connectivity index (χ0n) is 13.9. The molecule has 2 N–H and O–H groups in total. The number of aryl methyl sites for hydroxylation is 1. The number of sulfonamides is 1. The number of nitrogens with one attached hydrogen (secondary N) is 2. The molecule has 7 heteroatoms. The van der Waals surface area contributed by atoms with Gasteiger partial charge in [0.2, 0.25) is 11.8 Å². The molecule has 0 saturated carbocycles. The summed E-state index contributed by atoms with van der Waals surface area (Å²) in [6.45, 7) is 2.20. The molecule has 0 unspecified atom stereocenters. The highest BCUT2D eigenvalue weighted by Crippen LogP contribution is 2.10. The summed E-state index contributed by atoms with van der Waals surface area (Å²) in [6.07, 6.45) is -0.284. The molecular weight excluding hydrogens is 340 g/mol. The van der Waals surface area contributed by atoms with E-state index in [1.54, 1.807) is 12.1 Å². The van der Waals surface area contributed by atoms with Gasteiger partial charge in [-0.15, -0.1) is 0 Å². The monoisotopic (exact) mass is 360 g/mol. The van der Waals surface area contributed by atoms with Crippen molar-refractivity contribution in [2.45, 2.75) is 31.2 Å². The average Bonchev–Trinajstić information content (AvgIpc) is 2.59. The third kappa shape index (κ3) is 6.04. The smallest absolute Gasteiger partial charge is 0.264 e. The van der Waals surface area contributed by atoms with Crippen molar-refractivity contribution in [1.82, 2.24) is 10.0 Å². The third-order valence-corrected chi connectivity index (χ3v) is 4.88. The summed E-state index contributed by atoms with van der Waals surface area (Å²) in [7, 11) is -3.91. The number of rotatable bonds is 7. The Labute approximate surface area is 147 Å². The number of hydrogen-bond acceptors (Lipinski definition) is 4. The van der Waals surface area contributed by atoms with Crippen molar-refractivity contribution in [2.24, 2.45) is 0 Å². The van der Waals surface area contributed by atoms with E-state index in [9.17, 15) is 18.0 Å². The van der Waals surface area contributed by atoms with Gasteiger partial charge in [0.05, 0.1) is 4.90 Å². The van der Waals surface area contributed by atoms with Gasteiger partial charge in [-0.05, 0) is 24.6 Å². The Hall–Kier alpha value is -2.67. The van der Waals surface area contributed by atoms with Crippen molar-refractivity contribution in [2.75, 3.05) is 0 Å². The second-order valence-corrected chi connectivity index (χ2v) is 7.29. The number of carbonyl (C=O) groups excluding carboxylic acids is 2. The molecule has 0 radical (unpaired) electrons. The van der Waals surface area contributed by atoms with Crippen molar-refractivity contribution in [3.8, 4) is 0 Å². The van der Waals surface area contributed by atoms with Crippen molar-refractivity contribution in [1.29, 1.82) is 0 Å². The Morgan fingerprint density at radius 1 is 0.880 bits per heavy atom. The van der Waals surface area contributed by atoms with Crippen LogP contribution >= 0.6 is 0 Å². The van der Waals surface area contributed by atoms with Crippen LogP contribution < -0.4 is 10.0 Å². The second kappa shape index (κ2) is 8.43. The van der Waals surface area contributed by atoms with E-state index < -0.39 is 15.9 Å². The Morgan fingerprint density at radius 2 is 1.48 bits per heavy atom. The Bertz CT molecular complexity index is 831. The standard InChI is InChI=1S/C18H20N2O4S/c1-14-7-9-16(10-8-14)25(23,24)20-18(22)12-11-17(21)19-13-15-5-3-2-4-6-15/h2-10H,11-13H2,1H3,(H,19,21)(H,20,22). The van der Waals surface area contributed by atoms with Crippen molar-refractivity contribution >= 4 is 21.8 Å². The van der Waals surface area contributed by atoms with Crippen LogP contribution in [-0.2, 0) is 26.2 Å². The molecule has 0 heterocycles. The minimum Gasteiger partial charge on any atom is -0.352 e. The molecule has 0 bridgehead atoms. The molecule has 2 amide bonds. The highest BCUT2D eigenvalue weighted by atomic mass is 32.2. The van der Waals surface area contributed by atoms with Crippen LogP contribution in [0, 0.1) is 6.92 Å². The summed E-state index contributed by atoms with van der Waals surface area (Å²) in [4.78, 5) is 23.6. The molecule has 0 aromatic heterocycles. The minimum absolute atomic E-state index is 0.0139. The first-order valence-corrected chi connectivity index (χ1v) is 9.28. The third-order valence-electron chi connectivity index (χ3n) is 3.49. The lowest BCUT2D eigenvalue weighted by molar-refractivity contribution is -0.125. The lowest BCUT2D eigenvalue weighted by Crippen LogP contribution is -2.32. The summed E-state index contributed by atoms with van der Waals surface area (Å²) in [6, 6.07) is 15.5. The van der Waals surface area contributed by atoms with Gasteiger partial charge in [-0.2, -0.15) is 0 Å². The first-order chi connectivity index (χ1) is 11.9. The molecule has 0 saturated heterocycles. The van der Waals surface area contributed by atoms with Crippen LogP contribution in [0.1, 0.15) is 24.0 Å². The first kappa shape index (κ1) is 18.7. The quantitative estimate of drug-likeness (QED) is 0.789. The van der Waals surface area contributed by atoms with E-state index in [1.165, 1.54) is 12.1 Å². The van der Waals surface area contributed by atoms with Crippen LogP contribution in [0.5, 0.6) is 0 Å². The average molecular weight is 360 g/mol. The van der Waals surface area contributed by atoms with E-state index in [0.717, 1.165) is 11.1 Å². The summed E-state index contributed by atoms with van der Waals surface area (Å²) < 4.78 is 26.1. The van der Waals surface area contributed by atoms with Gasteiger partial charge < -0.3 is 5.32 Å². The summed E-state index contributed by atoms with van der Waals surface area (Å²) >= 11 is 0. The number of amides is 2. The van der Waals surface area contributed by atoms with E-state index in [1.807, 2.05) is 42.0 Å².